The van der Waals surface area contributed by atoms with Crippen molar-refractivity contribution in [3.05, 3.63) is 72.3 Å². The summed E-state index contributed by atoms with van der Waals surface area (Å²) in [5, 5.41) is 10.4. The zero-order chi connectivity index (χ0) is 17.9. The Morgan fingerprint density at radius 2 is 1.68 bits per heavy atom. The summed E-state index contributed by atoms with van der Waals surface area (Å²) in [6.45, 7) is 0. The Bertz CT molecular complexity index is 1000. The van der Waals surface area contributed by atoms with Crippen LogP contribution in [-0.4, -0.2) is 30.8 Å². The molecule has 0 saturated carbocycles. The number of nitrogens with one attached hydrogen (secondary N) is 1. The van der Waals surface area contributed by atoms with E-state index in [9.17, 15) is 13.2 Å². The average Bonchev–Trinajstić information content (AvgIpc) is 2.62. The molecule has 1 aromatic heterocycles. The molecule has 0 unspecified atom stereocenters. The Hall–Kier alpha value is -3.06. The van der Waals surface area contributed by atoms with Gasteiger partial charge in [-0.15, -0.1) is 10.2 Å². The molecule has 0 fully saturated rings. The zero-order valence-electron chi connectivity index (χ0n) is 13.4. The van der Waals surface area contributed by atoms with E-state index in [-0.39, 0.29) is 10.9 Å². The van der Waals surface area contributed by atoms with Crippen LogP contribution in [0.1, 0.15) is 10.4 Å². The molecule has 25 heavy (non-hydrogen) atoms. The van der Waals surface area contributed by atoms with Crippen LogP contribution < -0.4 is 5.32 Å². The van der Waals surface area contributed by atoms with Crippen molar-refractivity contribution in [1.82, 2.24) is 10.2 Å². The van der Waals surface area contributed by atoms with E-state index >= 15 is 0 Å². The Morgan fingerprint density at radius 1 is 0.920 bits per heavy atom. The molecule has 0 aliphatic carbocycles. The van der Waals surface area contributed by atoms with Crippen molar-refractivity contribution < 1.29 is 13.2 Å². The van der Waals surface area contributed by atoms with Crippen LogP contribution in [0.25, 0.3) is 11.3 Å². The van der Waals surface area contributed by atoms with Gasteiger partial charge >= 0.3 is 0 Å². The highest BCUT2D eigenvalue weighted by molar-refractivity contribution is 7.90. The van der Waals surface area contributed by atoms with E-state index in [1.54, 1.807) is 48.5 Å². The third-order valence-electron chi connectivity index (χ3n) is 3.47. The first-order valence-corrected chi connectivity index (χ1v) is 9.33. The summed E-state index contributed by atoms with van der Waals surface area (Å²) in [4.78, 5) is 12.2. The van der Waals surface area contributed by atoms with Gasteiger partial charge in [0.2, 0.25) is 0 Å². The topological polar surface area (TPSA) is 89.0 Å². The second-order valence-corrected chi connectivity index (χ2v) is 7.39. The summed E-state index contributed by atoms with van der Waals surface area (Å²) in [5.41, 5.74) is 2.41. The molecule has 1 heterocycles. The third-order valence-corrected chi connectivity index (χ3v) is 4.45. The highest BCUT2D eigenvalue weighted by atomic mass is 32.2. The number of carbonyl (C=O) groups is 1. The van der Waals surface area contributed by atoms with Gasteiger partial charge < -0.3 is 5.32 Å². The molecule has 3 aromatic rings. The fraction of sp³-hybridized carbons (Fsp3) is 0.0556. The van der Waals surface area contributed by atoms with Crippen LogP contribution in [0.2, 0.25) is 0 Å². The number of nitrogens with zero attached hydrogens (tertiary/aromatic N) is 2. The lowest BCUT2D eigenvalue weighted by atomic mass is 10.1. The number of hydrogen-bond acceptors (Lipinski definition) is 5. The highest BCUT2D eigenvalue weighted by Gasteiger charge is 2.11. The van der Waals surface area contributed by atoms with Crippen LogP contribution in [0.3, 0.4) is 0 Å². The molecule has 0 aliphatic heterocycles. The fourth-order valence-corrected chi connectivity index (χ4v) is 2.73. The second-order valence-electron chi connectivity index (χ2n) is 5.43. The van der Waals surface area contributed by atoms with Crippen molar-refractivity contribution >= 4 is 21.4 Å². The Balaban J connectivity index is 1.83. The van der Waals surface area contributed by atoms with Gasteiger partial charge in [0.05, 0.1) is 5.69 Å². The minimum absolute atomic E-state index is 0.0789. The first-order chi connectivity index (χ1) is 11.9. The molecule has 6 nitrogen and oxygen atoms in total. The number of carbonyl (C=O) groups excluding carboxylic acids is 1. The second kappa shape index (κ2) is 6.82. The third kappa shape index (κ3) is 4.07. The average molecular weight is 353 g/mol. The minimum atomic E-state index is -3.39. The zero-order valence-corrected chi connectivity index (χ0v) is 14.2. The first kappa shape index (κ1) is 16.8. The van der Waals surface area contributed by atoms with Gasteiger partial charge in [0.25, 0.3) is 5.91 Å². The molecule has 0 saturated heterocycles. The van der Waals surface area contributed by atoms with Crippen LogP contribution in [0, 0.1) is 0 Å². The van der Waals surface area contributed by atoms with Crippen molar-refractivity contribution in [2.24, 2.45) is 0 Å². The molecule has 0 bridgehead atoms. The lowest BCUT2D eigenvalue weighted by molar-refractivity contribution is 0.102. The number of aromatic nitrogens is 2. The molecule has 0 aliphatic rings. The normalized spacial score (nSPS) is 11.1. The predicted octanol–water partition coefficient (Wildman–Crippen LogP) is 2.80. The number of amides is 1. The SMILES string of the molecule is CS(=O)(=O)c1ccc(-c2cccc(NC(=O)c3ccccc3)c2)nn1. The largest absolute Gasteiger partial charge is 0.322 e. The number of sulfone groups is 1. The lowest BCUT2D eigenvalue weighted by Crippen LogP contribution is -2.11. The van der Waals surface area contributed by atoms with E-state index in [1.807, 2.05) is 12.1 Å². The van der Waals surface area contributed by atoms with Crippen molar-refractivity contribution in [1.29, 1.82) is 0 Å². The lowest BCUT2D eigenvalue weighted by Gasteiger charge is -2.07. The molecule has 7 heteroatoms. The maximum absolute atomic E-state index is 12.2. The molecule has 1 N–H and O–H groups in total. The minimum Gasteiger partial charge on any atom is -0.322 e. The van der Waals surface area contributed by atoms with Gasteiger partial charge in [0, 0.05) is 23.1 Å². The summed E-state index contributed by atoms with van der Waals surface area (Å²) in [6.07, 6.45) is 1.08. The Kier molecular flexibility index (Phi) is 4.58. The summed E-state index contributed by atoms with van der Waals surface area (Å²) in [7, 11) is -3.39. The van der Waals surface area contributed by atoms with Gasteiger partial charge in [-0.05, 0) is 36.4 Å². The summed E-state index contributed by atoms with van der Waals surface area (Å²) in [5.74, 6) is -0.212. The monoisotopic (exact) mass is 353 g/mol. The smallest absolute Gasteiger partial charge is 0.255 e. The summed E-state index contributed by atoms with van der Waals surface area (Å²) in [6, 6.07) is 19.0. The van der Waals surface area contributed by atoms with Gasteiger partial charge in [-0.3, -0.25) is 4.79 Å². The van der Waals surface area contributed by atoms with Crippen LogP contribution >= 0.6 is 0 Å². The maximum Gasteiger partial charge on any atom is 0.255 e. The number of hydrogen-bond donors (Lipinski definition) is 1. The van der Waals surface area contributed by atoms with Gasteiger partial charge in [0.15, 0.2) is 14.9 Å². The molecule has 0 spiro atoms. The standard InChI is InChI=1S/C18H15N3O3S/c1-25(23,24)17-11-10-16(20-21-17)14-8-5-9-15(12-14)19-18(22)13-6-3-2-4-7-13/h2-12H,1H3,(H,19,22). The number of anilines is 1. The first-order valence-electron chi connectivity index (χ1n) is 7.44. The van der Waals surface area contributed by atoms with Gasteiger partial charge in [0.1, 0.15) is 0 Å². The predicted molar refractivity (Wildman–Crippen MR) is 95.0 cm³/mol. The highest BCUT2D eigenvalue weighted by Crippen LogP contribution is 2.21. The van der Waals surface area contributed by atoms with Gasteiger partial charge in [-0.25, -0.2) is 8.42 Å². The molecule has 2 aromatic carbocycles. The number of benzene rings is 2. The summed E-state index contributed by atoms with van der Waals surface area (Å²) < 4.78 is 22.9. The van der Waals surface area contributed by atoms with E-state index in [0.717, 1.165) is 11.8 Å². The van der Waals surface area contributed by atoms with Crippen molar-refractivity contribution in [2.45, 2.75) is 5.03 Å². The van der Waals surface area contributed by atoms with Crippen LogP contribution in [0.15, 0.2) is 71.8 Å². The van der Waals surface area contributed by atoms with E-state index < -0.39 is 9.84 Å². The van der Waals surface area contributed by atoms with Crippen LogP contribution in [0.5, 0.6) is 0 Å². The van der Waals surface area contributed by atoms with Crippen molar-refractivity contribution in [2.75, 3.05) is 11.6 Å². The van der Waals surface area contributed by atoms with E-state index in [1.165, 1.54) is 6.07 Å². The number of rotatable bonds is 4. The van der Waals surface area contributed by atoms with E-state index in [2.05, 4.69) is 15.5 Å². The van der Waals surface area contributed by atoms with Gasteiger partial charge in [-0.1, -0.05) is 30.3 Å². The molecular formula is C18H15N3O3S. The van der Waals surface area contributed by atoms with E-state index in [0.29, 0.717) is 16.9 Å². The quantitative estimate of drug-likeness (QED) is 0.779. The summed E-state index contributed by atoms with van der Waals surface area (Å²) >= 11 is 0. The molecule has 0 radical (unpaired) electrons. The molecule has 3 rings (SSSR count). The molecule has 0 atom stereocenters. The molecule has 126 valence electrons. The Labute approximate surface area is 145 Å². The Morgan fingerprint density at radius 3 is 2.32 bits per heavy atom. The van der Waals surface area contributed by atoms with Crippen molar-refractivity contribution in [3.8, 4) is 11.3 Å². The van der Waals surface area contributed by atoms with Crippen LogP contribution in [0.4, 0.5) is 5.69 Å². The fourth-order valence-electron chi connectivity index (χ4n) is 2.22. The van der Waals surface area contributed by atoms with Crippen molar-refractivity contribution in [3.63, 3.8) is 0 Å². The van der Waals surface area contributed by atoms with Gasteiger partial charge in [-0.2, -0.15) is 0 Å². The molecule has 1 amide bonds. The maximum atomic E-state index is 12.2. The molecular weight excluding hydrogens is 338 g/mol. The van der Waals surface area contributed by atoms with E-state index in [4.69, 9.17) is 0 Å². The van der Waals surface area contributed by atoms with Crippen LogP contribution in [-0.2, 0) is 9.84 Å².